The number of nitrogens with one attached hydrogen (secondary N) is 1. The van der Waals surface area contributed by atoms with Crippen LogP contribution in [0.3, 0.4) is 0 Å². The van der Waals surface area contributed by atoms with Gasteiger partial charge < -0.3 is 14.5 Å². The molecule has 0 bridgehead atoms. The standard InChI is InChI=1S/C26H21ClFNO3/c1-16(11-26(30)29-14-18-5-3-4-6-23(18)27)20-12-21-22(17-7-9-19(28)10-8-17)15-32-25(21)13-24(20)31-2/h3-13,15H,14H2,1-2H3,(H,29,30)/b16-11+. The van der Waals surface area contributed by atoms with Gasteiger partial charge in [0, 0.05) is 40.2 Å². The van der Waals surface area contributed by atoms with Crippen molar-refractivity contribution in [3.05, 3.63) is 95.0 Å². The first kappa shape index (κ1) is 21.7. The molecule has 32 heavy (non-hydrogen) atoms. The van der Waals surface area contributed by atoms with Crippen molar-refractivity contribution in [1.82, 2.24) is 5.32 Å². The van der Waals surface area contributed by atoms with Gasteiger partial charge in [0.15, 0.2) is 0 Å². The van der Waals surface area contributed by atoms with Crippen LogP contribution in [0.4, 0.5) is 4.39 Å². The maximum atomic E-state index is 13.3. The Kier molecular flexibility index (Phi) is 6.28. The SMILES string of the molecule is COc1cc2occ(-c3ccc(F)cc3)c2cc1/C(C)=C/C(=O)NCc1ccccc1Cl. The minimum atomic E-state index is -0.300. The van der Waals surface area contributed by atoms with Gasteiger partial charge >= 0.3 is 0 Å². The predicted molar refractivity (Wildman–Crippen MR) is 125 cm³/mol. The summed E-state index contributed by atoms with van der Waals surface area (Å²) >= 11 is 6.15. The van der Waals surface area contributed by atoms with E-state index >= 15 is 0 Å². The summed E-state index contributed by atoms with van der Waals surface area (Å²) in [6, 6.07) is 17.3. The molecule has 1 aromatic heterocycles. The molecular formula is C26H21ClFNO3. The number of fused-ring (bicyclic) bond motifs is 1. The predicted octanol–water partition coefficient (Wildman–Crippen LogP) is 6.62. The zero-order valence-electron chi connectivity index (χ0n) is 17.6. The fourth-order valence-electron chi connectivity index (χ4n) is 3.53. The summed E-state index contributed by atoms with van der Waals surface area (Å²) in [5.41, 5.74) is 4.64. The van der Waals surface area contributed by atoms with Crippen molar-refractivity contribution in [1.29, 1.82) is 0 Å². The minimum Gasteiger partial charge on any atom is -0.496 e. The third-order valence-corrected chi connectivity index (χ3v) is 5.60. The van der Waals surface area contributed by atoms with E-state index in [9.17, 15) is 9.18 Å². The highest BCUT2D eigenvalue weighted by Crippen LogP contribution is 2.37. The van der Waals surface area contributed by atoms with E-state index in [0.29, 0.717) is 22.9 Å². The number of hydrogen-bond donors (Lipinski definition) is 1. The summed E-state index contributed by atoms with van der Waals surface area (Å²) in [6.45, 7) is 2.17. The van der Waals surface area contributed by atoms with Crippen LogP contribution in [-0.2, 0) is 11.3 Å². The molecule has 0 aliphatic rings. The summed E-state index contributed by atoms with van der Waals surface area (Å²) in [5.74, 6) is 0.0474. The van der Waals surface area contributed by atoms with Gasteiger partial charge in [0.25, 0.3) is 0 Å². The van der Waals surface area contributed by atoms with Gasteiger partial charge in [0.05, 0.1) is 13.4 Å². The molecule has 1 amide bonds. The normalized spacial score (nSPS) is 11.6. The summed E-state index contributed by atoms with van der Waals surface area (Å²) in [7, 11) is 1.57. The fraction of sp³-hybridized carbons (Fsp3) is 0.115. The second-order valence-electron chi connectivity index (χ2n) is 7.34. The molecule has 0 radical (unpaired) electrons. The van der Waals surface area contributed by atoms with Crippen molar-refractivity contribution in [2.75, 3.05) is 7.11 Å². The Morgan fingerprint density at radius 2 is 1.91 bits per heavy atom. The molecular weight excluding hydrogens is 429 g/mol. The molecule has 0 saturated heterocycles. The van der Waals surface area contributed by atoms with Crippen molar-refractivity contribution >= 4 is 34.1 Å². The number of methoxy groups -OCH3 is 1. The van der Waals surface area contributed by atoms with E-state index in [1.54, 1.807) is 37.6 Å². The monoisotopic (exact) mass is 449 g/mol. The van der Waals surface area contributed by atoms with Gasteiger partial charge in [-0.05, 0) is 47.9 Å². The second-order valence-corrected chi connectivity index (χ2v) is 7.75. The topological polar surface area (TPSA) is 51.5 Å². The van der Waals surface area contributed by atoms with E-state index in [-0.39, 0.29) is 11.7 Å². The van der Waals surface area contributed by atoms with E-state index in [1.165, 1.54) is 18.2 Å². The van der Waals surface area contributed by atoms with E-state index in [1.807, 2.05) is 31.2 Å². The zero-order valence-corrected chi connectivity index (χ0v) is 18.4. The highest BCUT2D eigenvalue weighted by Gasteiger charge is 2.15. The maximum Gasteiger partial charge on any atom is 0.244 e. The number of rotatable bonds is 6. The molecule has 4 nitrogen and oxygen atoms in total. The molecule has 162 valence electrons. The summed E-state index contributed by atoms with van der Waals surface area (Å²) < 4.78 is 24.6. The Hall–Kier alpha value is -3.57. The number of hydrogen-bond acceptors (Lipinski definition) is 3. The first-order valence-electron chi connectivity index (χ1n) is 10.0. The molecule has 0 fully saturated rings. The Morgan fingerprint density at radius 1 is 1.16 bits per heavy atom. The molecule has 3 aromatic carbocycles. The number of ether oxygens (including phenoxy) is 1. The molecule has 0 atom stereocenters. The van der Waals surface area contributed by atoms with Crippen molar-refractivity contribution in [2.24, 2.45) is 0 Å². The molecule has 0 unspecified atom stereocenters. The second kappa shape index (κ2) is 9.28. The zero-order chi connectivity index (χ0) is 22.7. The van der Waals surface area contributed by atoms with Crippen LogP contribution in [0.5, 0.6) is 5.75 Å². The molecule has 0 aliphatic carbocycles. The van der Waals surface area contributed by atoms with Crippen molar-refractivity contribution < 1.29 is 18.3 Å². The third kappa shape index (κ3) is 4.53. The number of halogens is 2. The maximum absolute atomic E-state index is 13.3. The summed E-state index contributed by atoms with van der Waals surface area (Å²) in [6.07, 6.45) is 3.16. The lowest BCUT2D eigenvalue weighted by Crippen LogP contribution is -2.20. The van der Waals surface area contributed by atoms with Crippen LogP contribution in [0.1, 0.15) is 18.1 Å². The van der Waals surface area contributed by atoms with Gasteiger partial charge in [-0.3, -0.25) is 4.79 Å². The number of carbonyl (C=O) groups is 1. The van der Waals surface area contributed by atoms with Gasteiger partial charge in [-0.15, -0.1) is 0 Å². The van der Waals surface area contributed by atoms with Crippen molar-refractivity contribution in [2.45, 2.75) is 13.5 Å². The lowest BCUT2D eigenvalue weighted by Gasteiger charge is -2.10. The Morgan fingerprint density at radius 3 is 2.62 bits per heavy atom. The van der Waals surface area contributed by atoms with Crippen LogP contribution >= 0.6 is 11.6 Å². The molecule has 1 N–H and O–H groups in total. The van der Waals surface area contributed by atoms with Crippen LogP contribution in [0.15, 0.2) is 77.4 Å². The fourth-order valence-corrected chi connectivity index (χ4v) is 3.74. The molecule has 0 aliphatic heterocycles. The highest BCUT2D eigenvalue weighted by molar-refractivity contribution is 6.31. The van der Waals surface area contributed by atoms with E-state index in [4.69, 9.17) is 20.8 Å². The number of allylic oxidation sites excluding steroid dienone is 1. The molecule has 4 rings (SSSR count). The van der Waals surface area contributed by atoms with Crippen LogP contribution in [0, 0.1) is 5.82 Å². The number of amides is 1. The Labute approximate surface area is 190 Å². The number of carbonyl (C=O) groups excluding carboxylic acids is 1. The lowest BCUT2D eigenvalue weighted by atomic mass is 9.99. The number of furan rings is 1. The Balaban J connectivity index is 1.64. The number of benzene rings is 3. The average Bonchev–Trinajstić information content (AvgIpc) is 3.21. The minimum absolute atomic E-state index is 0.240. The van der Waals surface area contributed by atoms with Crippen molar-refractivity contribution in [3.8, 4) is 16.9 Å². The van der Waals surface area contributed by atoms with Crippen LogP contribution in [-0.4, -0.2) is 13.0 Å². The quantitative estimate of drug-likeness (QED) is 0.336. The van der Waals surface area contributed by atoms with Gasteiger partial charge in [0.1, 0.15) is 17.1 Å². The van der Waals surface area contributed by atoms with E-state index in [2.05, 4.69) is 5.32 Å². The van der Waals surface area contributed by atoms with Crippen molar-refractivity contribution in [3.63, 3.8) is 0 Å². The third-order valence-electron chi connectivity index (χ3n) is 5.23. The first-order chi connectivity index (χ1) is 15.5. The summed E-state index contributed by atoms with van der Waals surface area (Å²) in [4.78, 5) is 12.5. The van der Waals surface area contributed by atoms with Gasteiger partial charge in [0.2, 0.25) is 5.91 Å². The summed E-state index contributed by atoms with van der Waals surface area (Å²) in [5, 5.41) is 4.31. The Bertz CT molecular complexity index is 1310. The first-order valence-corrected chi connectivity index (χ1v) is 10.4. The molecule has 0 spiro atoms. The van der Waals surface area contributed by atoms with Crippen LogP contribution < -0.4 is 10.1 Å². The molecule has 4 aromatic rings. The molecule has 6 heteroatoms. The average molecular weight is 450 g/mol. The van der Waals surface area contributed by atoms with Gasteiger partial charge in [-0.25, -0.2) is 4.39 Å². The van der Waals surface area contributed by atoms with E-state index < -0.39 is 0 Å². The molecule has 0 saturated carbocycles. The molecule has 1 heterocycles. The van der Waals surface area contributed by atoms with E-state index in [0.717, 1.165) is 33.2 Å². The lowest BCUT2D eigenvalue weighted by molar-refractivity contribution is -0.116. The highest BCUT2D eigenvalue weighted by atomic mass is 35.5. The largest absolute Gasteiger partial charge is 0.496 e. The van der Waals surface area contributed by atoms with Gasteiger partial charge in [-0.1, -0.05) is 41.9 Å². The van der Waals surface area contributed by atoms with Gasteiger partial charge in [-0.2, -0.15) is 0 Å². The van der Waals surface area contributed by atoms with Crippen LogP contribution in [0.25, 0.3) is 27.7 Å². The van der Waals surface area contributed by atoms with Crippen LogP contribution in [0.2, 0.25) is 5.02 Å². The smallest absolute Gasteiger partial charge is 0.244 e.